The van der Waals surface area contributed by atoms with Crippen LogP contribution in [0.3, 0.4) is 0 Å². The molecule has 2 aromatic heterocycles. The molecule has 0 atom stereocenters. The van der Waals surface area contributed by atoms with Crippen molar-refractivity contribution >= 4 is 0 Å². The van der Waals surface area contributed by atoms with Crippen LogP contribution in [0.15, 0.2) is 36.9 Å². The first kappa shape index (κ1) is 22.4. The first-order valence-electron chi connectivity index (χ1n) is 12.1. The molecule has 0 bridgehead atoms. The van der Waals surface area contributed by atoms with E-state index in [1.165, 1.54) is 73.6 Å². The van der Waals surface area contributed by atoms with Crippen LogP contribution in [0.4, 0.5) is 0 Å². The maximum absolute atomic E-state index is 5.72. The van der Waals surface area contributed by atoms with Gasteiger partial charge in [-0.1, -0.05) is 0 Å². The predicted molar refractivity (Wildman–Crippen MR) is 119 cm³/mol. The summed E-state index contributed by atoms with van der Waals surface area (Å²) in [6, 6.07) is 4.56. The zero-order valence-electron chi connectivity index (χ0n) is 18.9. The van der Waals surface area contributed by atoms with Gasteiger partial charge in [0, 0.05) is 23.3 Å². The van der Waals surface area contributed by atoms with Gasteiger partial charge in [-0.15, -0.1) is 0 Å². The zero-order chi connectivity index (χ0) is 21.1. The van der Waals surface area contributed by atoms with Crippen LogP contribution in [0, 0.1) is 0 Å². The molecule has 0 N–H and O–H groups in total. The number of hydrogen-bond acceptors (Lipinski definition) is 3. The molecule has 0 unspecified atom stereocenters. The molecule has 0 saturated heterocycles. The van der Waals surface area contributed by atoms with Crippen LogP contribution in [0.5, 0.6) is 0 Å². The number of fused-ring (bicyclic) bond motifs is 2. The summed E-state index contributed by atoms with van der Waals surface area (Å²) in [5.41, 5.74) is 6.09. The molecule has 0 radical (unpaired) electrons. The fourth-order valence-electron chi connectivity index (χ4n) is 4.60. The fourth-order valence-corrected chi connectivity index (χ4v) is 4.60. The number of rotatable bonds is 12. The Hall–Kier alpha value is -1.82. The third-order valence-corrected chi connectivity index (χ3v) is 6.42. The van der Waals surface area contributed by atoms with Crippen molar-refractivity contribution in [3.05, 3.63) is 59.2 Å². The fraction of sp³-hybridized carbons (Fsp3) is 0.615. The maximum Gasteiger partial charge on any atom is 0.172 e. The van der Waals surface area contributed by atoms with Crippen LogP contribution in [0.2, 0.25) is 0 Å². The summed E-state index contributed by atoms with van der Waals surface area (Å²) >= 11 is 0. The highest BCUT2D eigenvalue weighted by atomic mass is 16.5. The summed E-state index contributed by atoms with van der Waals surface area (Å²) in [5.74, 6) is 0. The molecule has 0 amide bonds. The molecule has 0 saturated carbocycles. The largest absolute Gasteiger partial charge is 0.377 e. The average Bonchev–Trinajstić information content (AvgIpc) is 2.82. The van der Waals surface area contributed by atoms with Gasteiger partial charge in [-0.25, -0.2) is 9.13 Å². The SMILES string of the molecule is c1c[n+](CCOCCOCCOCC[n+]2ccc3c(c2)CCCC3)cc2c1CCCC2. The smallest absolute Gasteiger partial charge is 0.172 e. The van der Waals surface area contributed by atoms with Crippen LogP contribution in [0.25, 0.3) is 0 Å². The van der Waals surface area contributed by atoms with E-state index in [0.29, 0.717) is 26.4 Å². The van der Waals surface area contributed by atoms with Gasteiger partial charge in [0.05, 0.1) is 26.4 Å². The van der Waals surface area contributed by atoms with Crippen LogP contribution in [0.1, 0.15) is 47.9 Å². The number of nitrogens with zero attached hydrogens (tertiary/aromatic N) is 2. The lowest BCUT2D eigenvalue weighted by molar-refractivity contribution is -0.699. The van der Waals surface area contributed by atoms with Crippen molar-refractivity contribution in [1.29, 1.82) is 0 Å². The lowest BCUT2D eigenvalue weighted by atomic mass is 9.93. The highest BCUT2D eigenvalue weighted by molar-refractivity contribution is 5.24. The van der Waals surface area contributed by atoms with Gasteiger partial charge in [-0.2, -0.15) is 0 Å². The van der Waals surface area contributed by atoms with E-state index in [4.69, 9.17) is 14.2 Å². The Morgan fingerprint density at radius 1 is 0.516 bits per heavy atom. The number of ether oxygens (including phenoxy) is 3. The molecular formula is C26H38N2O3+2. The highest BCUT2D eigenvalue weighted by Crippen LogP contribution is 2.19. The second-order valence-electron chi connectivity index (χ2n) is 8.72. The lowest BCUT2D eigenvalue weighted by Crippen LogP contribution is -2.37. The second-order valence-corrected chi connectivity index (χ2v) is 8.72. The predicted octanol–water partition coefficient (Wildman–Crippen LogP) is 2.77. The number of aryl methyl sites for hydroxylation is 4. The van der Waals surface area contributed by atoms with Crippen LogP contribution in [-0.2, 0) is 53.0 Å². The van der Waals surface area contributed by atoms with Crippen molar-refractivity contribution in [2.45, 2.75) is 64.5 Å². The van der Waals surface area contributed by atoms with E-state index in [1.807, 2.05) is 0 Å². The molecule has 0 aliphatic heterocycles. The van der Waals surface area contributed by atoms with Gasteiger partial charge in [-0.05, 0) is 62.5 Å². The Kier molecular flexibility index (Phi) is 8.86. The van der Waals surface area contributed by atoms with Crippen molar-refractivity contribution in [3.63, 3.8) is 0 Å². The summed E-state index contributed by atoms with van der Waals surface area (Å²) in [4.78, 5) is 0. The van der Waals surface area contributed by atoms with Crippen LogP contribution in [-0.4, -0.2) is 39.6 Å². The van der Waals surface area contributed by atoms with E-state index >= 15 is 0 Å². The standard InChI is InChI=1S/C26H38N2O3/c1-3-7-25-21-27(11-9-23(25)5-1)13-15-29-17-19-31-20-18-30-16-14-28-12-10-24-6-2-4-8-26(24)22-28/h9-12,21-22H,1-8,13-20H2/q+2. The number of hydrogen-bond donors (Lipinski definition) is 0. The molecule has 5 nitrogen and oxygen atoms in total. The summed E-state index contributed by atoms with van der Waals surface area (Å²) in [6.45, 7) is 5.76. The summed E-state index contributed by atoms with van der Waals surface area (Å²) in [5, 5.41) is 0. The van der Waals surface area contributed by atoms with Gasteiger partial charge in [0.2, 0.25) is 0 Å². The Bertz CT molecular complexity index is 757. The summed E-state index contributed by atoms with van der Waals surface area (Å²) in [6.07, 6.45) is 19.2. The minimum atomic E-state index is 0.623. The molecule has 5 heteroatoms. The van der Waals surface area contributed by atoms with Crippen molar-refractivity contribution in [3.8, 4) is 0 Å². The van der Waals surface area contributed by atoms with E-state index < -0.39 is 0 Å². The molecule has 31 heavy (non-hydrogen) atoms. The molecule has 2 aliphatic rings. The highest BCUT2D eigenvalue weighted by Gasteiger charge is 2.14. The Labute approximate surface area is 187 Å². The van der Waals surface area contributed by atoms with Gasteiger partial charge in [-0.3, -0.25) is 0 Å². The van der Waals surface area contributed by atoms with E-state index in [2.05, 4.69) is 46.1 Å². The molecule has 168 valence electrons. The molecule has 0 fully saturated rings. The Morgan fingerprint density at radius 3 is 1.35 bits per heavy atom. The van der Waals surface area contributed by atoms with Gasteiger partial charge < -0.3 is 14.2 Å². The third kappa shape index (κ3) is 7.09. The van der Waals surface area contributed by atoms with Crippen molar-refractivity contribution in [2.24, 2.45) is 0 Å². The summed E-state index contributed by atoms with van der Waals surface area (Å²) < 4.78 is 21.6. The van der Waals surface area contributed by atoms with Gasteiger partial charge in [0.25, 0.3) is 0 Å². The first-order valence-corrected chi connectivity index (χ1v) is 12.1. The van der Waals surface area contributed by atoms with Crippen LogP contribution < -0.4 is 9.13 Å². The summed E-state index contributed by atoms with van der Waals surface area (Å²) in [7, 11) is 0. The van der Waals surface area contributed by atoms with Gasteiger partial charge in [0.1, 0.15) is 13.2 Å². The average molecular weight is 427 g/mol. The molecular weight excluding hydrogens is 388 g/mol. The second kappa shape index (κ2) is 12.3. The Balaban J connectivity index is 0.990. The van der Waals surface area contributed by atoms with Crippen molar-refractivity contribution < 1.29 is 23.3 Å². The molecule has 2 heterocycles. The van der Waals surface area contributed by atoms with E-state index in [1.54, 1.807) is 0 Å². The van der Waals surface area contributed by atoms with E-state index in [0.717, 1.165) is 26.3 Å². The van der Waals surface area contributed by atoms with E-state index in [9.17, 15) is 0 Å². The normalized spacial score (nSPS) is 15.5. The van der Waals surface area contributed by atoms with Crippen molar-refractivity contribution in [1.82, 2.24) is 0 Å². The number of pyridine rings is 2. The third-order valence-electron chi connectivity index (χ3n) is 6.42. The van der Waals surface area contributed by atoms with Crippen molar-refractivity contribution in [2.75, 3.05) is 39.6 Å². The molecule has 4 rings (SSSR count). The molecule has 0 aromatic carbocycles. The molecule has 2 aliphatic carbocycles. The minimum absolute atomic E-state index is 0.623. The van der Waals surface area contributed by atoms with Gasteiger partial charge in [0.15, 0.2) is 37.9 Å². The van der Waals surface area contributed by atoms with Gasteiger partial charge >= 0.3 is 0 Å². The topological polar surface area (TPSA) is 35.5 Å². The van der Waals surface area contributed by atoms with Crippen LogP contribution >= 0.6 is 0 Å². The number of aromatic nitrogens is 2. The zero-order valence-corrected chi connectivity index (χ0v) is 18.9. The van der Waals surface area contributed by atoms with E-state index in [-0.39, 0.29) is 0 Å². The Morgan fingerprint density at radius 2 is 0.903 bits per heavy atom. The maximum atomic E-state index is 5.72. The first-order chi connectivity index (χ1) is 15.4. The molecule has 2 aromatic rings. The monoisotopic (exact) mass is 426 g/mol. The quantitative estimate of drug-likeness (QED) is 0.387. The molecule has 0 spiro atoms. The minimum Gasteiger partial charge on any atom is -0.377 e. The lowest BCUT2D eigenvalue weighted by Gasteiger charge is -2.13.